The first-order valence-electron chi connectivity index (χ1n) is 8.33. The van der Waals surface area contributed by atoms with Gasteiger partial charge in [0.2, 0.25) is 0 Å². The van der Waals surface area contributed by atoms with Crippen LogP contribution in [0, 0.1) is 5.92 Å². The van der Waals surface area contributed by atoms with Gasteiger partial charge in [0.05, 0.1) is 6.61 Å². The SMILES string of the molecule is CC(=O)OC[C@@H]1C[C@H](OC(C)=O)[C@@H](OC(C)=O)[C@H](OC(C)=O)[C@H]1OC(C)=O. The molecule has 0 unspecified atom stereocenters. The van der Waals surface area contributed by atoms with E-state index in [9.17, 15) is 24.0 Å². The van der Waals surface area contributed by atoms with Crippen LogP contribution in [0.5, 0.6) is 0 Å². The van der Waals surface area contributed by atoms with Crippen LogP contribution in [0.3, 0.4) is 0 Å². The van der Waals surface area contributed by atoms with Crippen LogP contribution >= 0.6 is 0 Å². The van der Waals surface area contributed by atoms with Crippen molar-refractivity contribution in [3.8, 4) is 0 Å². The zero-order valence-electron chi connectivity index (χ0n) is 15.9. The van der Waals surface area contributed by atoms with Crippen molar-refractivity contribution in [3.05, 3.63) is 0 Å². The molecule has 1 aliphatic rings. The average molecular weight is 388 g/mol. The van der Waals surface area contributed by atoms with Crippen molar-refractivity contribution >= 4 is 29.8 Å². The van der Waals surface area contributed by atoms with E-state index in [0.717, 1.165) is 20.8 Å². The Hall–Kier alpha value is -2.65. The minimum Gasteiger partial charge on any atom is -0.465 e. The van der Waals surface area contributed by atoms with E-state index in [1.54, 1.807) is 0 Å². The maximum atomic E-state index is 11.6. The minimum atomic E-state index is -1.24. The van der Waals surface area contributed by atoms with Gasteiger partial charge in [0.1, 0.15) is 12.2 Å². The number of esters is 5. The van der Waals surface area contributed by atoms with Crippen molar-refractivity contribution in [2.45, 2.75) is 65.5 Å². The fourth-order valence-electron chi connectivity index (χ4n) is 2.96. The molecule has 0 radical (unpaired) electrons. The molecule has 1 fully saturated rings. The lowest BCUT2D eigenvalue weighted by Crippen LogP contribution is -2.59. The summed E-state index contributed by atoms with van der Waals surface area (Å²) in [7, 11) is 0. The van der Waals surface area contributed by atoms with E-state index >= 15 is 0 Å². The van der Waals surface area contributed by atoms with E-state index in [0.29, 0.717) is 0 Å². The number of carbonyl (C=O) groups excluding carboxylic acids is 5. The third-order valence-corrected chi connectivity index (χ3v) is 3.74. The molecule has 10 nitrogen and oxygen atoms in total. The average Bonchev–Trinajstić information content (AvgIpc) is 2.49. The molecule has 0 aromatic heterocycles. The van der Waals surface area contributed by atoms with Crippen LogP contribution in [0.15, 0.2) is 0 Å². The predicted molar refractivity (Wildman–Crippen MR) is 87.0 cm³/mol. The van der Waals surface area contributed by atoms with Crippen LogP contribution in [0.25, 0.3) is 0 Å². The van der Waals surface area contributed by atoms with Gasteiger partial charge in [-0.15, -0.1) is 0 Å². The molecule has 0 aliphatic heterocycles. The molecule has 0 aromatic rings. The Labute approximate surface area is 156 Å². The van der Waals surface area contributed by atoms with Gasteiger partial charge in [0.25, 0.3) is 0 Å². The van der Waals surface area contributed by atoms with E-state index < -0.39 is 60.2 Å². The molecule has 1 aliphatic carbocycles. The Bertz CT molecular complexity index is 599. The summed E-state index contributed by atoms with van der Waals surface area (Å²) >= 11 is 0. The second-order valence-electron chi connectivity index (χ2n) is 6.17. The van der Waals surface area contributed by atoms with Gasteiger partial charge >= 0.3 is 29.8 Å². The summed E-state index contributed by atoms with van der Waals surface area (Å²) in [5.74, 6) is -3.95. The molecule has 0 saturated heterocycles. The van der Waals surface area contributed by atoms with Gasteiger partial charge in [0.15, 0.2) is 12.2 Å². The Morgan fingerprint density at radius 2 is 1.07 bits per heavy atom. The van der Waals surface area contributed by atoms with Crippen molar-refractivity contribution in [3.63, 3.8) is 0 Å². The van der Waals surface area contributed by atoms with Gasteiger partial charge in [-0.25, -0.2) is 0 Å². The van der Waals surface area contributed by atoms with Gasteiger partial charge in [-0.2, -0.15) is 0 Å². The molecule has 0 aromatic carbocycles. The van der Waals surface area contributed by atoms with Crippen molar-refractivity contribution in [1.82, 2.24) is 0 Å². The van der Waals surface area contributed by atoms with Crippen molar-refractivity contribution in [2.75, 3.05) is 6.61 Å². The predicted octanol–water partition coefficient (Wildman–Crippen LogP) is 0.296. The number of hydrogen-bond acceptors (Lipinski definition) is 10. The standard InChI is InChI=1S/C17H24O10/c1-8(18)23-7-13-6-14(24-9(2)19)16(26-11(4)21)17(27-12(5)22)15(13)25-10(3)20/h13-17H,6-7H2,1-5H3/t13-,14-,15-,16+,17+/m0/s1. The third-order valence-electron chi connectivity index (χ3n) is 3.74. The molecule has 0 spiro atoms. The Balaban J connectivity index is 3.29. The third kappa shape index (κ3) is 7.24. The molecule has 10 heteroatoms. The van der Waals surface area contributed by atoms with Crippen LogP contribution < -0.4 is 0 Å². The number of rotatable bonds is 6. The summed E-state index contributed by atoms with van der Waals surface area (Å²) in [4.78, 5) is 57.3. The smallest absolute Gasteiger partial charge is 0.303 e. The van der Waals surface area contributed by atoms with Gasteiger partial charge in [-0.05, 0) is 6.42 Å². The zero-order valence-corrected chi connectivity index (χ0v) is 15.9. The van der Waals surface area contributed by atoms with Crippen LogP contribution in [0.1, 0.15) is 41.0 Å². The van der Waals surface area contributed by atoms with Crippen molar-refractivity contribution in [1.29, 1.82) is 0 Å². The first-order valence-corrected chi connectivity index (χ1v) is 8.33. The first-order chi connectivity index (χ1) is 12.5. The number of carbonyl (C=O) groups is 5. The highest BCUT2D eigenvalue weighted by atomic mass is 16.6. The fourth-order valence-corrected chi connectivity index (χ4v) is 2.96. The monoisotopic (exact) mass is 388 g/mol. The minimum absolute atomic E-state index is 0.0561. The van der Waals surface area contributed by atoms with Gasteiger partial charge in [-0.1, -0.05) is 0 Å². The highest BCUT2D eigenvalue weighted by Gasteiger charge is 2.52. The van der Waals surface area contributed by atoms with Gasteiger partial charge in [-0.3, -0.25) is 24.0 Å². The second-order valence-corrected chi connectivity index (χ2v) is 6.17. The quantitative estimate of drug-likeness (QED) is 0.462. The molecule has 0 N–H and O–H groups in total. The van der Waals surface area contributed by atoms with E-state index in [4.69, 9.17) is 23.7 Å². The molecule has 5 atom stereocenters. The Morgan fingerprint density at radius 3 is 1.52 bits per heavy atom. The van der Waals surface area contributed by atoms with Crippen LogP contribution in [0.4, 0.5) is 0 Å². The van der Waals surface area contributed by atoms with E-state index in [2.05, 4.69) is 0 Å². The largest absolute Gasteiger partial charge is 0.465 e. The van der Waals surface area contributed by atoms with Gasteiger partial charge in [0, 0.05) is 40.5 Å². The van der Waals surface area contributed by atoms with Crippen LogP contribution in [-0.4, -0.2) is 60.9 Å². The molecule has 0 bridgehead atoms. The lowest BCUT2D eigenvalue weighted by atomic mass is 9.80. The van der Waals surface area contributed by atoms with E-state index in [-0.39, 0.29) is 13.0 Å². The fraction of sp³-hybridized carbons (Fsp3) is 0.706. The molecule has 0 heterocycles. The zero-order chi connectivity index (χ0) is 20.7. The molecule has 27 heavy (non-hydrogen) atoms. The molecule has 0 amide bonds. The Morgan fingerprint density at radius 1 is 0.630 bits per heavy atom. The number of hydrogen-bond donors (Lipinski definition) is 0. The summed E-state index contributed by atoms with van der Waals surface area (Å²) < 4.78 is 25.9. The molecular formula is C17H24O10. The lowest BCUT2D eigenvalue weighted by Gasteiger charge is -2.43. The Kier molecular flexibility index (Phi) is 8.20. The maximum absolute atomic E-state index is 11.6. The van der Waals surface area contributed by atoms with Crippen molar-refractivity contribution in [2.24, 2.45) is 5.92 Å². The lowest BCUT2D eigenvalue weighted by molar-refractivity contribution is -0.221. The summed E-state index contributed by atoms with van der Waals surface area (Å²) in [5.41, 5.74) is 0. The highest BCUT2D eigenvalue weighted by Crippen LogP contribution is 2.34. The molecular weight excluding hydrogens is 364 g/mol. The first kappa shape index (κ1) is 22.4. The summed E-state index contributed by atoms with van der Waals surface area (Å²) in [6, 6.07) is 0. The molecule has 152 valence electrons. The van der Waals surface area contributed by atoms with Crippen LogP contribution in [0.2, 0.25) is 0 Å². The summed E-state index contributed by atoms with van der Waals surface area (Å²) in [6.45, 7) is 5.64. The van der Waals surface area contributed by atoms with Gasteiger partial charge < -0.3 is 23.7 Å². The molecule has 1 rings (SSSR count). The topological polar surface area (TPSA) is 132 Å². The highest BCUT2D eigenvalue weighted by molar-refractivity contribution is 5.69. The summed E-state index contributed by atoms with van der Waals surface area (Å²) in [5, 5.41) is 0. The van der Waals surface area contributed by atoms with Crippen molar-refractivity contribution < 1.29 is 47.7 Å². The summed E-state index contributed by atoms with van der Waals surface area (Å²) in [6.07, 6.45) is -4.42. The molecule has 1 saturated carbocycles. The second kappa shape index (κ2) is 9.89. The van der Waals surface area contributed by atoms with E-state index in [1.165, 1.54) is 13.8 Å². The number of ether oxygens (including phenoxy) is 5. The van der Waals surface area contributed by atoms with Crippen LogP contribution in [-0.2, 0) is 47.7 Å². The maximum Gasteiger partial charge on any atom is 0.303 e. The van der Waals surface area contributed by atoms with E-state index in [1.807, 2.05) is 0 Å². The normalized spacial score (nSPS) is 27.1.